The van der Waals surface area contributed by atoms with E-state index in [2.05, 4.69) is 6.07 Å². The molecule has 128 valence electrons. The van der Waals surface area contributed by atoms with E-state index >= 15 is 0 Å². The molecular formula is C19H24N2O3. The highest BCUT2D eigenvalue weighted by Gasteiger charge is 2.52. The molecule has 1 saturated carbocycles. The van der Waals surface area contributed by atoms with Gasteiger partial charge in [0.1, 0.15) is 6.54 Å². The van der Waals surface area contributed by atoms with Gasteiger partial charge in [0.2, 0.25) is 5.91 Å². The number of nitrogens with zero attached hydrogens (tertiary/aromatic N) is 2. The number of para-hydroxylation sites is 1. The van der Waals surface area contributed by atoms with Crippen LogP contribution in [0.4, 0.5) is 0 Å². The average molecular weight is 328 g/mol. The van der Waals surface area contributed by atoms with Gasteiger partial charge >= 0.3 is 0 Å². The Morgan fingerprint density at radius 2 is 2.17 bits per heavy atom. The summed E-state index contributed by atoms with van der Waals surface area (Å²) in [6.07, 6.45) is 4.70. The summed E-state index contributed by atoms with van der Waals surface area (Å²) in [5, 5.41) is 11.2. The van der Waals surface area contributed by atoms with E-state index in [-0.39, 0.29) is 23.7 Å². The van der Waals surface area contributed by atoms with Gasteiger partial charge in [-0.1, -0.05) is 18.2 Å². The molecule has 1 aliphatic heterocycles. The Balaban J connectivity index is 1.56. The standard InChI is InChI=1S/C19H24N2O3/c1-24-19-8-6-15(22)12-17(19)21(11-9-19)18(23)13-20-10-7-14-4-2-3-5-16(14)20/h2-5,7,10,15,17,22H,6,8-9,11-13H2,1H3/t15-,17+,19-/m1/s1. The van der Waals surface area contributed by atoms with Gasteiger partial charge in [-0.25, -0.2) is 0 Å². The van der Waals surface area contributed by atoms with E-state index in [0.717, 1.165) is 30.2 Å². The van der Waals surface area contributed by atoms with Crippen LogP contribution in [0.1, 0.15) is 25.7 Å². The molecule has 1 N–H and O–H groups in total. The zero-order chi connectivity index (χ0) is 16.7. The van der Waals surface area contributed by atoms with Gasteiger partial charge < -0.3 is 19.3 Å². The second-order valence-corrected chi connectivity index (χ2v) is 7.05. The Morgan fingerprint density at radius 3 is 3.00 bits per heavy atom. The fourth-order valence-electron chi connectivity index (χ4n) is 4.49. The number of aromatic nitrogens is 1. The zero-order valence-electron chi connectivity index (χ0n) is 14.0. The molecule has 3 atom stereocenters. The largest absolute Gasteiger partial charge is 0.393 e. The number of benzene rings is 1. The third-order valence-electron chi connectivity index (χ3n) is 5.87. The van der Waals surface area contributed by atoms with Crippen LogP contribution in [0.2, 0.25) is 0 Å². The van der Waals surface area contributed by atoms with Gasteiger partial charge in [-0.05, 0) is 43.2 Å². The monoisotopic (exact) mass is 328 g/mol. The number of amides is 1. The van der Waals surface area contributed by atoms with Crippen molar-refractivity contribution in [3.05, 3.63) is 36.5 Å². The minimum Gasteiger partial charge on any atom is -0.393 e. The van der Waals surface area contributed by atoms with E-state index in [1.54, 1.807) is 7.11 Å². The van der Waals surface area contributed by atoms with Crippen molar-refractivity contribution in [3.63, 3.8) is 0 Å². The molecule has 5 heteroatoms. The molecule has 1 amide bonds. The summed E-state index contributed by atoms with van der Waals surface area (Å²) in [6.45, 7) is 1.04. The van der Waals surface area contributed by atoms with Crippen LogP contribution >= 0.6 is 0 Å². The molecule has 4 rings (SSSR count). The number of aliphatic hydroxyl groups excluding tert-OH is 1. The maximum absolute atomic E-state index is 12.9. The van der Waals surface area contributed by atoms with Crippen molar-refractivity contribution in [1.29, 1.82) is 0 Å². The number of carbonyl (C=O) groups excluding carboxylic acids is 1. The lowest BCUT2D eigenvalue weighted by Crippen LogP contribution is -2.53. The predicted octanol–water partition coefficient (Wildman–Crippen LogP) is 2.17. The SMILES string of the molecule is CO[C@@]12CC[C@@H](O)C[C@@H]1N(C(=O)Cn1ccc3ccccc31)CC2. The van der Waals surface area contributed by atoms with E-state index in [1.165, 1.54) is 0 Å². The molecule has 2 aromatic rings. The third-order valence-corrected chi connectivity index (χ3v) is 5.87. The Kier molecular flexibility index (Phi) is 3.85. The number of rotatable bonds is 3. The van der Waals surface area contributed by atoms with Crippen LogP contribution in [-0.2, 0) is 16.1 Å². The van der Waals surface area contributed by atoms with Gasteiger partial charge in [0.05, 0.1) is 17.7 Å². The summed E-state index contributed by atoms with van der Waals surface area (Å²) in [7, 11) is 1.73. The molecule has 2 aliphatic rings. The second-order valence-electron chi connectivity index (χ2n) is 7.05. The smallest absolute Gasteiger partial charge is 0.242 e. The van der Waals surface area contributed by atoms with Gasteiger partial charge in [-0.15, -0.1) is 0 Å². The molecule has 0 bridgehead atoms. The lowest BCUT2D eigenvalue weighted by atomic mass is 9.79. The molecule has 0 spiro atoms. The summed E-state index contributed by atoms with van der Waals surface area (Å²) < 4.78 is 7.83. The summed E-state index contributed by atoms with van der Waals surface area (Å²) in [6, 6.07) is 10.1. The highest BCUT2D eigenvalue weighted by Crippen LogP contribution is 2.42. The van der Waals surface area contributed by atoms with Gasteiger partial charge in [0, 0.05) is 25.4 Å². The first kappa shape index (κ1) is 15.7. The van der Waals surface area contributed by atoms with E-state index < -0.39 is 0 Å². The minimum atomic E-state index is -0.334. The topological polar surface area (TPSA) is 54.7 Å². The van der Waals surface area contributed by atoms with Crippen LogP contribution in [-0.4, -0.2) is 51.9 Å². The highest BCUT2D eigenvalue weighted by atomic mass is 16.5. The van der Waals surface area contributed by atoms with Crippen molar-refractivity contribution in [3.8, 4) is 0 Å². The Hall–Kier alpha value is -1.85. The summed E-state index contributed by atoms with van der Waals surface area (Å²) in [5.74, 6) is 0.106. The number of aliphatic hydroxyl groups is 1. The molecule has 0 unspecified atom stereocenters. The predicted molar refractivity (Wildman–Crippen MR) is 91.7 cm³/mol. The quantitative estimate of drug-likeness (QED) is 0.939. The van der Waals surface area contributed by atoms with Crippen LogP contribution in [0.25, 0.3) is 10.9 Å². The van der Waals surface area contributed by atoms with Gasteiger partial charge in [-0.3, -0.25) is 4.79 Å². The molecule has 1 saturated heterocycles. The number of methoxy groups -OCH3 is 1. The normalized spacial score (nSPS) is 29.8. The van der Waals surface area contributed by atoms with Crippen molar-refractivity contribution in [2.24, 2.45) is 0 Å². The maximum Gasteiger partial charge on any atom is 0.242 e. The lowest BCUT2D eigenvalue weighted by Gasteiger charge is -2.42. The third kappa shape index (κ3) is 2.43. The number of fused-ring (bicyclic) bond motifs is 2. The van der Waals surface area contributed by atoms with Crippen LogP contribution in [0.3, 0.4) is 0 Å². The van der Waals surface area contributed by atoms with Crippen molar-refractivity contribution in [2.75, 3.05) is 13.7 Å². The molecule has 1 aromatic heterocycles. The number of ether oxygens (including phenoxy) is 1. The van der Waals surface area contributed by atoms with Gasteiger partial charge in [0.25, 0.3) is 0 Å². The van der Waals surface area contributed by atoms with Gasteiger partial charge in [0.15, 0.2) is 0 Å². The first-order valence-corrected chi connectivity index (χ1v) is 8.69. The molecule has 2 heterocycles. The van der Waals surface area contributed by atoms with Crippen molar-refractivity contribution < 1.29 is 14.6 Å². The lowest BCUT2D eigenvalue weighted by molar-refractivity contribution is -0.140. The molecule has 1 aromatic carbocycles. The first-order chi connectivity index (χ1) is 11.6. The van der Waals surface area contributed by atoms with Crippen molar-refractivity contribution >= 4 is 16.8 Å². The second kappa shape index (κ2) is 5.90. The molecular weight excluding hydrogens is 304 g/mol. The fourth-order valence-corrected chi connectivity index (χ4v) is 4.49. The molecule has 0 radical (unpaired) electrons. The highest BCUT2D eigenvalue weighted by molar-refractivity contribution is 5.83. The molecule has 5 nitrogen and oxygen atoms in total. The number of carbonyl (C=O) groups is 1. The zero-order valence-corrected chi connectivity index (χ0v) is 14.0. The van der Waals surface area contributed by atoms with Gasteiger partial charge in [-0.2, -0.15) is 0 Å². The molecule has 1 aliphatic carbocycles. The Morgan fingerprint density at radius 1 is 1.33 bits per heavy atom. The van der Waals surface area contributed by atoms with Crippen molar-refractivity contribution in [2.45, 2.75) is 50.0 Å². The van der Waals surface area contributed by atoms with Crippen LogP contribution in [0.5, 0.6) is 0 Å². The number of hydrogen-bond acceptors (Lipinski definition) is 3. The summed E-state index contributed by atoms with van der Waals surface area (Å²) in [5.41, 5.74) is 0.805. The Bertz CT molecular complexity index is 756. The van der Waals surface area contributed by atoms with Crippen LogP contribution < -0.4 is 0 Å². The molecule has 2 fully saturated rings. The van der Waals surface area contributed by atoms with E-state index in [0.29, 0.717) is 19.5 Å². The minimum absolute atomic E-state index is 0.0134. The van der Waals surface area contributed by atoms with Crippen LogP contribution in [0, 0.1) is 0 Å². The van der Waals surface area contributed by atoms with E-state index in [4.69, 9.17) is 4.74 Å². The summed E-state index contributed by atoms with van der Waals surface area (Å²) >= 11 is 0. The number of likely N-dealkylation sites (tertiary alicyclic amines) is 1. The maximum atomic E-state index is 12.9. The van der Waals surface area contributed by atoms with Crippen LogP contribution in [0.15, 0.2) is 36.5 Å². The Labute approximate surface area is 141 Å². The first-order valence-electron chi connectivity index (χ1n) is 8.69. The summed E-state index contributed by atoms with van der Waals surface area (Å²) in [4.78, 5) is 14.9. The number of hydrogen-bond donors (Lipinski definition) is 1. The van der Waals surface area contributed by atoms with E-state index in [9.17, 15) is 9.90 Å². The van der Waals surface area contributed by atoms with Crippen molar-refractivity contribution in [1.82, 2.24) is 9.47 Å². The fraction of sp³-hybridized carbons (Fsp3) is 0.526. The van der Waals surface area contributed by atoms with E-state index in [1.807, 2.05) is 39.9 Å². The average Bonchev–Trinajstić information content (AvgIpc) is 3.17. The molecule has 24 heavy (non-hydrogen) atoms.